The third-order valence-corrected chi connectivity index (χ3v) is 6.53. The fourth-order valence-electron chi connectivity index (χ4n) is 4.39. The van der Waals surface area contributed by atoms with E-state index in [9.17, 15) is 4.79 Å². The van der Waals surface area contributed by atoms with Crippen LogP contribution in [-0.4, -0.2) is 50.8 Å². The monoisotopic (exact) mass is 476 g/mol. The third-order valence-electron chi connectivity index (χ3n) is 6.53. The fraction of sp³-hybridized carbons (Fsp3) is 0.393. The van der Waals surface area contributed by atoms with Gasteiger partial charge in [-0.1, -0.05) is 32.9 Å². The van der Waals surface area contributed by atoms with Crippen molar-refractivity contribution in [1.82, 2.24) is 10.2 Å². The number of methoxy groups -OCH3 is 1. The van der Waals surface area contributed by atoms with Crippen LogP contribution < -0.4 is 20.3 Å². The number of carbonyl (C=O) groups is 1. The molecule has 1 unspecified atom stereocenters. The summed E-state index contributed by atoms with van der Waals surface area (Å²) in [7, 11) is 1.68. The number of urea groups is 1. The first kappa shape index (κ1) is 24.7. The lowest BCUT2D eigenvalue weighted by Crippen LogP contribution is -2.50. The van der Waals surface area contributed by atoms with Crippen molar-refractivity contribution in [1.29, 1.82) is 0 Å². The Hall–Kier alpha value is -3.45. The number of nitrogens with zero attached hydrogens (tertiary/aromatic N) is 2. The number of benzene rings is 2. The Bertz CT molecular complexity index is 1060. The molecule has 0 bridgehead atoms. The minimum atomic E-state index is -0.220. The second-order valence-corrected chi connectivity index (χ2v) is 9.91. The number of anilines is 2. The van der Waals surface area contributed by atoms with E-state index < -0.39 is 0 Å². The molecule has 7 heteroatoms. The number of furan rings is 1. The smallest absolute Gasteiger partial charge is 0.319 e. The summed E-state index contributed by atoms with van der Waals surface area (Å²) >= 11 is 0. The van der Waals surface area contributed by atoms with Crippen molar-refractivity contribution in [2.45, 2.75) is 32.2 Å². The van der Waals surface area contributed by atoms with Gasteiger partial charge in [0.2, 0.25) is 0 Å². The van der Waals surface area contributed by atoms with Crippen LogP contribution in [0, 0.1) is 0 Å². The number of carbonyl (C=O) groups excluding carboxylic acids is 1. The summed E-state index contributed by atoms with van der Waals surface area (Å²) in [6.45, 7) is 10.5. The summed E-state index contributed by atoms with van der Waals surface area (Å²) in [5.74, 6) is 1.72. The zero-order chi connectivity index (χ0) is 24.8. The predicted octanol–water partition coefficient (Wildman–Crippen LogP) is 5.27. The van der Waals surface area contributed by atoms with E-state index in [1.165, 1.54) is 11.3 Å². The molecule has 2 amide bonds. The maximum absolute atomic E-state index is 12.7. The zero-order valence-electron chi connectivity index (χ0n) is 21.1. The lowest BCUT2D eigenvalue weighted by atomic mass is 9.87. The van der Waals surface area contributed by atoms with E-state index >= 15 is 0 Å². The van der Waals surface area contributed by atoms with Gasteiger partial charge in [-0.25, -0.2) is 4.79 Å². The van der Waals surface area contributed by atoms with E-state index in [1.54, 1.807) is 13.4 Å². The van der Waals surface area contributed by atoms with Gasteiger partial charge in [-0.15, -0.1) is 0 Å². The highest BCUT2D eigenvalue weighted by atomic mass is 16.5. The van der Waals surface area contributed by atoms with E-state index in [1.807, 2.05) is 36.4 Å². The van der Waals surface area contributed by atoms with Gasteiger partial charge in [-0.05, 0) is 59.5 Å². The number of ether oxygens (including phenoxy) is 1. The van der Waals surface area contributed by atoms with Crippen molar-refractivity contribution in [2.75, 3.05) is 50.1 Å². The number of hydrogen-bond donors (Lipinski definition) is 2. The molecule has 0 aliphatic carbocycles. The predicted molar refractivity (Wildman–Crippen MR) is 140 cm³/mol. The topological polar surface area (TPSA) is 70.0 Å². The molecule has 2 aromatic carbocycles. The minimum absolute atomic E-state index is 0.0305. The van der Waals surface area contributed by atoms with Crippen molar-refractivity contribution in [2.24, 2.45) is 0 Å². The molecule has 0 radical (unpaired) electrons. The van der Waals surface area contributed by atoms with Gasteiger partial charge in [0.05, 0.1) is 19.4 Å². The van der Waals surface area contributed by atoms with Crippen LogP contribution in [0.4, 0.5) is 16.2 Å². The summed E-state index contributed by atoms with van der Waals surface area (Å²) in [5, 5.41) is 5.98. The van der Waals surface area contributed by atoms with Crippen LogP contribution in [0.3, 0.4) is 0 Å². The molecule has 1 fully saturated rings. The van der Waals surface area contributed by atoms with E-state index in [4.69, 9.17) is 9.15 Å². The molecular weight excluding hydrogens is 440 g/mol. The van der Waals surface area contributed by atoms with E-state index in [2.05, 4.69) is 65.5 Å². The van der Waals surface area contributed by atoms with Crippen molar-refractivity contribution in [3.8, 4) is 5.75 Å². The molecule has 1 saturated heterocycles. The molecule has 0 saturated carbocycles. The second-order valence-electron chi connectivity index (χ2n) is 9.91. The highest BCUT2D eigenvalue weighted by Crippen LogP contribution is 2.26. The van der Waals surface area contributed by atoms with Gasteiger partial charge in [0.25, 0.3) is 0 Å². The fourth-order valence-corrected chi connectivity index (χ4v) is 4.39. The van der Waals surface area contributed by atoms with Gasteiger partial charge in [-0.2, -0.15) is 0 Å². The summed E-state index contributed by atoms with van der Waals surface area (Å²) in [4.78, 5) is 17.4. The van der Waals surface area contributed by atoms with Crippen molar-refractivity contribution >= 4 is 17.4 Å². The summed E-state index contributed by atoms with van der Waals surface area (Å²) < 4.78 is 11.0. The molecule has 1 aliphatic heterocycles. The Morgan fingerprint density at radius 3 is 2.26 bits per heavy atom. The number of rotatable bonds is 7. The molecule has 35 heavy (non-hydrogen) atoms. The van der Waals surface area contributed by atoms with Gasteiger partial charge in [0, 0.05) is 44.1 Å². The van der Waals surface area contributed by atoms with Crippen molar-refractivity contribution in [3.63, 3.8) is 0 Å². The molecular formula is C28H36N4O3. The average molecular weight is 477 g/mol. The lowest BCUT2D eigenvalue weighted by molar-refractivity contribution is 0.162. The maximum Gasteiger partial charge on any atom is 0.319 e. The van der Waals surface area contributed by atoms with E-state index in [0.29, 0.717) is 6.54 Å². The van der Waals surface area contributed by atoms with Gasteiger partial charge in [-0.3, -0.25) is 4.90 Å². The van der Waals surface area contributed by atoms with Crippen LogP contribution in [0.25, 0.3) is 0 Å². The molecule has 1 aromatic heterocycles. The molecule has 2 heterocycles. The Kier molecular flexibility index (Phi) is 7.66. The number of amides is 2. The zero-order valence-corrected chi connectivity index (χ0v) is 21.1. The second kappa shape index (κ2) is 10.9. The van der Waals surface area contributed by atoms with Gasteiger partial charge < -0.3 is 24.7 Å². The van der Waals surface area contributed by atoms with E-state index in [-0.39, 0.29) is 17.5 Å². The quantitative estimate of drug-likeness (QED) is 0.486. The van der Waals surface area contributed by atoms with Crippen molar-refractivity contribution < 1.29 is 13.9 Å². The molecule has 1 atom stereocenters. The van der Waals surface area contributed by atoms with Crippen molar-refractivity contribution in [3.05, 3.63) is 78.3 Å². The molecule has 4 rings (SSSR count). The third kappa shape index (κ3) is 6.36. The van der Waals surface area contributed by atoms with Gasteiger partial charge in [0.15, 0.2) is 0 Å². The summed E-state index contributed by atoms with van der Waals surface area (Å²) in [6, 6.07) is 19.8. The van der Waals surface area contributed by atoms with Crippen LogP contribution in [-0.2, 0) is 5.41 Å². The van der Waals surface area contributed by atoms with Crippen LogP contribution >= 0.6 is 0 Å². The largest absolute Gasteiger partial charge is 0.497 e. The first-order valence-corrected chi connectivity index (χ1v) is 12.2. The maximum atomic E-state index is 12.7. The molecule has 186 valence electrons. The lowest BCUT2D eigenvalue weighted by Gasteiger charge is -2.39. The molecule has 1 aliphatic rings. The SMILES string of the molecule is COc1ccc(N2CCN(C(CNC(=O)Nc3ccc(C(C)(C)C)cc3)c3ccco3)CC2)cc1. The van der Waals surface area contributed by atoms with Gasteiger partial charge >= 0.3 is 6.03 Å². The average Bonchev–Trinajstić information content (AvgIpc) is 3.39. The standard InChI is InChI=1S/C28H36N4O3/c1-28(2,3)21-7-9-22(10-8-21)30-27(33)29-20-25(26-6-5-19-35-26)32-17-15-31(16-18-32)23-11-13-24(34-4)14-12-23/h5-14,19,25H,15-18,20H2,1-4H3,(H2,29,30,33). The Balaban J connectivity index is 1.34. The molecule has 7 nitrogen and oxygen atoms in total. The van der Waals surface area contributed by atoms with E-state index in [0.717, 1.165) is 43.4 Å². The van der Waals surface area contributed by atoms with Gasteiger partial charge in [0.1, 0.15) is 11.5 Å². The first-order valence-electron chi connectivity index (χ1n) is 12.2. The summed E-state index contributed by atoms with van der Waals surface area (Å²) in [5.41, 5.74) is 3.28. The molecule has 2 N–H and O–H groups in total. The Labute approximate surface area is 208 Å². The number of piperazine rings is 1. The molecule has 3 aromatic rings. The first-order chi connectivity index (χ1) is 16.8. The molecule has 0 spiro atoms. The Morgan fingerprint density at radius 2 is 1.69 bits per heavy atom. The van der Waals surface area contributed by atoms with Crippen LogP contribution in [0.1, 0.15) is 38.1 Å². The Morgan fingerprint density at radius 1 is 1.00 bits per heavy atom. The normalized spacial score (nSPS) is 15.5. The number of nitrogens with one attached hydrogen (secondary N) is 2. The highest BCUT2D eigenvalue weighted by molar-refractivity contribution is 5.89. The van der Waals surface area contributed by atoms with Crippen LogP contribution in [0.2, 0.25) is 0 Å². The minimum Gasteiger partial charge on any atom is -0.497 e. The number of hydrogen-bond acceptors (Lipinski definition) is 5. The summed E-state index contributed by atoms with van der Waals surface area (Å²) in [6.07, 6.45) is 1.69. The van der Waals surface area contributed by atoms with Crippen LogP contribution in [0.15, 0.2) is 71.3 Å². The highest BCUT2D eigenvalue weighted by Gasteiger charge is 2.27. The van der Waals surface area contributed by atoms with Crippen LogP contribution in [0.5, 0.6) is 5.75 Å².